The number of nitrogens with zero attached hydrogens (tertiary/aromatic N) is 5. The molecule has 1 aliphatic rings. The van der Waals surface area contributed by atoms with E-state index in [2.05, 4.69) is 35.9 Å². The second kappa shape index (κ2) is 14.1. The second-order valence-corrected chi connectivity index (χ2v) is 11.8. The van der Waals surface area contributed by atoms with E-state index >= 15 is 0 Å². The van der Waals surface area contributed by atoms with Crippen molar-refractivity contribution in [2.24, 2.45) is 0 Å². The highest BCUT2D eigenvalue weighted by molar-refractivity contribution is 6.32. The summed E-state index contributed by atoms with van der Waals surface area (Å²) in [5, 5.41) is 13.8. The number of rotatable bonds is 9. The van der Waals surface area contributed by atoms with Gasteiger partial charge in [-0.2, -0.15) is 18.3 Å². The van der Waals surface area contributed by atoms with Crippen LogP contribution in [0.25, 0.3) is 16.6 Å². The number of alkyl halides is 3. The smallest absolute Gasteiger partial charge is 0.434 e. The molecule has 0 atom stereocenters. The van der Waals surface area contributed by atoms with Crippen LogP contribution in [0.3, 0.4) is 0 Å². The molecule has 0 spiro atoms. The maximum atomic E-state index is 14.4. The SMILES string of the molecule is CCC(=O)Nc1cc(Cc2cc3ncnc(N4CCNCC4)c3cc2Cl)cc(NC(=O)c2cnn(-c3ccc(OC)cc3)c2C(F)(F)F)c1. The molecule has 3 heterocycles. The molecule has 0 radical (unpaired) electrons. The molecule has 3 aromatic carbocycles. The van der Waals surface area contributed by atoms with Crippen LogP contribution in [-0.2, 0) is 17.4 Å². The van der Waals surface area contributed by atoms with Gasteiger partial charge in [0.2, 0.25) is 5.91 Å². The number of ether oxygens (including phenoxy) is 1. The Morgan fingerprint density at radius 1 is 1.00 bits per heavy atom. The molecule has 2 amide bonds. The Bertz CT molecular complexity index is 2010. The summed E-state index contributed by atoms with van der Waals surface area (Å²) in [5.74, 6) is -0.0671. The third-order valence-electron chi connectivity index (χ3n) is 8.05. The van der Waals surface area contributed by atoms with E-state index in [0.717, 1.165) is 49.1 Å². The van der Waals surface area contributed by atoms with Crippen LogP contribution in [0.1, 0.15) is 40.5 Å². The number of piperazine rings is 1. The Labute approximate surface area is 284 Å². The largest absolute Gasteiger partial charge is 0.497 e. The molecule has 49 heavy (non-hydrogen) atoms. The number of halogens is 4. The highest BCUT2D eigenvalue weighted by atomic mass is 35.5. The molecular formula is C34H32ClF3N8O3. The fraction of sp³-hybridized carbons (Fsp3) is 0.265. The number of anilines is 3. The van der Waals surface area contributed by atoms with Crippen molar-refractivity contribution in [1.82, 2.24) is 25.1 Å². The lowest BCUT2D eigenvalue weighted by molar-refractivity contribution is -0.143. The zero-order valence-corrected chi connectivity index (χ0v) is 27.3. The van der Waals surface area contributed by atoms with Crippen LogP contribution in [0, 0.1) is 0 Å². The van der Waals surface area contributed by atoms with Crippen LogP contribution in [0.5, 0.6) is 5.75 Å². The summed E-state index contributed by atoms with van der Waals surface area (Å²) >= 11 is 6.80. The lowest BCUT2D eigenvalue weighted by Gasteiger charge is -2.29. The lowest BCUT2D eigenvalue weighted by atomic mass is 10.0. The van der Waals surface area contributed by atoms with Gasteiger partial charge in [-0.05, 0) is 72.1 Å². The second-order valence-electron chi connectivity index (χ2n) is 11.4. The Hall–Kier alpha value is -5.21. The van der Waals surface area contributed by atoms with Crippen LogP contribution in [-0.4, -0.2) is 64.9 Å². The molecule has 0 saturated carbocycles. The Balaban J connectivity index is 1.32. The molecule has 11 nitrogen and oxygen atoms in total. The minimum absolute atomic E-state index is 0.0938. The molecule has 1 aliphatic heterocycles. The first-order valence-electron chi connectivity index (χ1n) is 15.5. The number of amides is 2. The van der Waals surface area contributed by atoms with Gasteiger partial charge in [-0.1, -0.05) is 18.5 Å². The highest BCUT2D eigenvalue weighted by Crippen LogP contribution is 2.35. The first-order valence-corrected chi connectivity index (χ1v) is 15.9. The van der Waals surface area contributed by atoms with Crippen molar-refractivity contribution in [3.8, 4) is 11.4 Å². The number of fused-ring (bicyclic) bond motifs is 1. The van der Waals surface area contributed by atoms with Crippen LogP contribution >= 0.6 is 11.6 Å². The maximum absolute atomic E-state index is 14.4. The molecule has 1 saturated heterocycles. The van der Waals surface area contributed by atoms with E-state index in [9.17, 15) is 22.8 Å². The molecule has 1 fully saturated rings. The number of aromatic nitrogens is 4. The average Bonchev–Trinajstić information content (AvgIpc) is 3.55. The number of hydrogen-bond donors (Lipinski definition) is 3. The van der Waals surface area contributed by atoms with E-state index in [1.807, 2.05) is 12.1 Å². The third kappa shape index (κ3) is 7.44. The standard InChI is InChI=1S/C34H32ClF3N8O3/c1-3-30(47)43-22-13-20(12-21-15-29-26(17-28(21)35)32(41-19-40-29)45-10-8-39-9-11-45)14-23(16-22)44-33(48)27-18-42-46(31(27)34(36,37)38)24-4-6-25(49-2)7-5-24/h4-7,13-19,39H,3,8-12H2,1-2H3,(H,43,47)(H,44,48). The van der Waals surface area contributed by atoms with Crippen LogP contribution in [0.2, 0.25) is 5.02 Å². The number of benzene rings is 3. The summed E-state index contributed by atoms with van der Waals surface area (Å²) in [7, 11) is 1.44. The van der Waals surface area contributed by atoms with Gasteiger partial charge >= 0.3 is 6.18 Å². The number of hydrogen-bond acceptors (Lipinski definition) is 8. The Morgan fingerprint density at radius 2 is 1.71 bits per heavy atom. The van der Waals surface area contributed by atoms with Gasteiger partial charge in [0.05, 0.1) is 30.1 Å². The molecule has 0 unspecified atom stereocenters. The predicted octanol–water partition coefficient (Wildman–Crippen LogP) is 6.10. The number of carbonyl (C=O) groups is 2. The van der Waals surface area contributed by atoms with Crippen LogP contribution in [0.4, 0.5) is 30.4 Å². The van der Waals surface area contributed by atoms with Crippen molar-refractivity contribution in [2.45, 2.75) is 25.9 Å². The van der Waals surface area contributed by atoms with Crippen molar-refractivity contribution in [3.63, 3.8) is 0 Å². The molecule has 6 rings (SSSR count). The van der Waals surface area contributed by atoms with Crippen LogP contribution < -0.4 is 25.6 Å². The fourth-order valence-electron chi connectivity index (χ4n) is 5.68. The summed E-state index contributed by atoms with van der Waals surface area (Å²) in [6.45, 7) is 4.95. The van der Waals surface area contributed by atoms with Crippen molar-refractivity contribution >= 4 is 51.5 Å². The molecular weight excluding hydrogens is 661 g/mol. The van der Waals surface area contributed by atoms with Gasteiger partial charge in [0.25, 0.3) is 5.91 Å². The molecule has 2 aromatic heterocycles. The minimum atomic E-state index is -4.91. The zero-order valence-electron chi connectivity index (χ0n) is 26.6. The van der Waals surface area contributed by atoms with Gasteiger partial charge in [-0.25, -0.2) is 14.6 Å². The summed E-state index contributed by atoms with van der Waals surface area (Å²) in [6, 6.07) is 14.3. The van der Waals surface area contributed by atoms with Crippen molar-refractivity contribution in [1.29, 1.82) is 0 Å². The van der Waals surface area contributed by atoms with Gasteiger partial charge in [0, 0.05) is 54.4 Å². The van der Waals surface area contributed by atoms with E-state index in [1.54, 1.807) is 19.1 Å². The lowest BCUT2D eigenvalue weighted by Crippen LogP contribution is -2.44. The van der Waals surface area contributed by atoms with E-state index in [0.29, 0.717) is 32.2 Å². The summed E-state index contributed by atoms with van der Waals surface area (Å²) in [6.07, 6.45) is -2.07. The third-order valence-corrected chi connectivity index (χ3v) is 8.40. The summed E-state index contributed by atoms with van der Waals surface area (Å²) < 4.78 is 48.9. The van der Waals surface area contributed by atoms with E-state index in [1.165, 1.54) is 43.8 Å². The normalized spacial score (nSPS) is 13.4. The molecule has 5 aromatic rings. The number of carbonyl (C=O) groups excluding carboxylic acids is 2. The van der Waals surface area contributed by atoms with Gasteiger partial charge in [-0.3, -0.25) is 9.59 Å². The minimum Gasteiger partial charge on any atom is -0.497 e. The van der Waals surface area contributed by atoms with Gasteiger partial charge in [0.15, 0.2) is 5.69 Å². The topological polar surface area (TPSA) is 126 Å². The highest BCUT2D eigenvalue weighted by Gasteiger charge is 2.40. The molecule has 15 heteroatoms. The average molecular weight is 693 g/mol. The van der Waals surface area contributed by atoms with E-state index < -0.39 is 23.3 Å². The summed E-state index contributed by atoms with van der Waals surface area (Å²) in [4.78, 5) is 36.9. The van der Waals surface area contributed by atoms with E-state index in [4.69, 9.17) is 16.3 Å². The molecule has 0 aliphatic carbocycles. The zero-order chi connectivity index (χ0) is 34.7. The predicted molar refractivity (Wildman–Crippen MR) is 181 cm³/mol. The van der Waals surface area contributed by atoms with Crippen molar-refractivity contribution in [2.75, 3.05) is 48.8 Å². The first-order chi connectivity index (χ1) is 23.5. The van der Waals surface area contributed by atoms with Gasteiger partial charge < -0.3 is 25.6 Å². The Kier molecular flexibility index (Phi) is 9.69. The molecule has 254 valence electrons. The van der Waals surface area contributed by atoms with Gasteiger partial charge in [0.1, 0.15) is 17.9 Å². The Morgan fingerprint density at radius 3 is 2.39 bits per heavy atom. The first kappa shape index (κ1) is 33.7. The van der Waals surface area contributed by atoms with Crippen LogP contribution in [0.15, 0.2) is 67.1 Å². The van der Waals surface area contributed by atoms with Crippen molar-refractivity contribution in [3.05, 3.63) is 94.5 Å². The number of methoxy groups -OCH3 is 1. The van der Waals surface area contributed by atoms with Crippen molar-refractivity contribution < 1.29 is 27.5 Å². The number of nitrogens with one attached hydrogen (secondary N) is 3. The van der Waals surface area contributed by atoms with E-state index in [-0.39, 0.29) is 30.1 Å². The fourth-order valence-corrected chi connectivity index (χ4v) is 5.91. The molecule has 0 bridgehead atoms. The summed E-state index contributed by atoms with van der Waals surface area (Å²) in [5.41, 5.74) is 0.741. The monoisotopic (exact) mass is 692 g/mol. The molecule has 3 N–H and O–H groups in total. The van der Waals surface area contributed by atoms with Gasteiger partial charge in [-0.15, -0.1) is 0 Å². The quantitative estimate of drug-likeness (QED) is 0.169. The maximum Gasteiger partial charge on any atom is 0.434 e.